The molecule has 3 rings (SSSR count). The third-order valence-electron chi connectivity index (χ3n) is 3.83. The number of carbonyl (C=O) groups is 1. The van der Waals surface area contributed by atoms with Gasteiger partial charge >= 0.3 is 5.97 Å². The van der Waals surface area contributed by atoms with Crippen LogP contribution >= 0.6 is 0 Å². The van der Waals surface area contributed by atoms with E-state index < -0.39 is 12.1 Å². The highest BCUT2D eigenvalue weighted by Crippen LogP contribution is 2.20. The van der Waals surface area contributed by atoms with Crippen molar-refractivity contribution in [2.24, 2.45) is 0 Å². The lowest BCUT2D eigenvalue weighted by atomic mass is 10.0. The summed E-state index contributed by atoms with van der Waals surface area (Å²) in [6, 6.07) is 11.9. The van der Waals surface area contributed by atoms with Crippen molar-refractivity contribution in [3.05, 3.63) is 54.4 Å². The third-order valence-corrected chi connectivity index (χ3v) is 3.83. The van der Waals surface area contributed by atoms with E-state index >= 15 is 0 Å². The summed E-state index contributed by atoms with van der Waals surface area (Å²) in [4.78, 5) is 15.2. The fraction of sp³-hybridized carbons (Fsp3) is 0.294. The predicted molar refractivity (Wildman–Crippen MR) is 82.3 cm³/mol. The summed E-state index contributed by atoms with van der Waals surface area (Å²) >= 11 is 0. The van der Waals surface area contributed by atoms with Crippen molar-refractivity contribution in [1.82, 2.24) is 10.3 Å². The second kappa shape index (κ2) is 6.68. The van der Waals surface area contributed by atoms with Gasteiger partial charge in [0.2, 0.25) is 0 Å². The summed E-state index contributed by atoms with van der Waals surface area (Å²) in [5.41, 5.74) is 3.28. The van der Waals surface area contributed by atoms with E-state index in [1.807, 2.05) is 36.5 Å². The molecular formula is C17H18N2O3. The van der Waals surface area contributed by atoms with Gasteiger partial charge in [-0.05, 0) is 35.2 Å². The fourth-order valence-electron chi connectivity index (χ4n) is 2.69. The Hall–Kier alpha value is -2.24. The monoisotopic (exact) mass is 298 g/mol. The number of ether oxygens (including phenoxy) is 1. The van der Waals surface area contributed by atoms with Gasteiger partial charge in [-0.3, -0.25) is 4.98 Å². The number of nitrogens with one attached hydrogen (secondary N) is 1. The standard InChI is InChI=1S/C17H18N2O3/c20-17(21)16-15(6-8-22-16)19-10-12-3-1-4-13(9-12)14-5-2-7-18-11-14/h1-5,7,9,11,15-16,19H,6,8,10H2,(H,20,21)/t15-,16+/m0/s1. The Kier molecular flexibility index (Phi) is 4.46. The molecule has 1 aromatic carbocycles. The summed E-state index contributed by atoms with van der Waals surface area (Å²) in [5, 5.41) is 12.4. The van der Waals surface area contributed by atoms with Gasteiger partial charge in [0, 0.05) is 31.6 Å². The van der Waals surface area contributed by atoms with Crippen molar-refractivity contribution in [2.75, 3.05) is 6.61 Å². The lowest BCUT2D eigenvalue weighted by molar-refractivity contribution is -0.148. The van der Waals surface area contributed by atoms with E-state index in [1.165, 1.54) is 0 Å². The zero-order valence-corrected chi connectivity index (χ0v) is 12.1. The topological polar surface area (TPSA) is 71.5 Å². The van der Waals surface area contributed by atoms with E-state index in [0.717, 1.165) is 23.1 Å². The van der Waals surface area contributed by atoms with Crippen LogP contribution in [0, 0.1) is 0 Å². The quantitative estimate of drug-likeness (QED) is 0.884. The molecule has 114 valence electrons. The largest absolute Gasteiger partial charge is 0.479 e. The zero-order valence-electron chi connectivity index (χ0n) is 12.1. The van der Waals surface area contributed by atoms with Crippen LogP contribution in [0.2, 0.25) is 0 Å². The molecule has 22 heavy (non-hydrogen) atoms. The number of pyridine rings is 1. The van der Waals surface area contributed by atoms with Crippen molar-refractivity contribution in [3.63, 3.8) is 0 Å². The number of carboxylic acids is 1. The maximum atomic E-state index is 11.1. The molecular weight excluding hydrogens is 280 g/mol. The molecule has 0 amide bonds. The molecule has 0 saturated carbocycles. The molecule has 0 unspecified atom stereocenters. The van der Waals surface area contributed by atoms with E-state index in [9.17, 15) is 4.79 Å². The number of hydrogen-bond donors (Lipinski definition) is 2. The van der Waals surface area contributed by atoms with Gasteiger partial charge < -0.3 is 15.2 Å². The van der Waals surface area contributed by atoms with E-state index in [1.54, 1.807) is 6.20 Å². The molecule has 2 heterocycles. The summed E-state index contributed by atoms with van der Waals surface area (Å²) in [5.74, 6) is -0.904. The fourth-order valence-corrected chi connectivity index (χ4v) is 2.69. The first kappa shape index (κ1) is 14.7. The Bertz CT molecular complexity index is 645. The Balaban J connectivity index is 1.67. The van der Waals surface area contributed by atoms with E-state index in [-0.39, 0.29) is 6.04 Å². The smallest absolute Gasteiger partial charge is 0.334 e. The minimum Gasteiger partial charge on any atom is -0.479 e. The summed E-state index contributed by atoms with van der Waals surface area (Å²) < 4.78 is 5.24. The van der Waals surface area contributed by atoms with Gasteiger partial charge in [-0.2, -0.15) is 0 Å². The molecule has 2 N–H and O–H groups in total. The van der Waals surface area contributed by atoms with Crippen molar-refractivity contribution in [1.29, 1.82) is 0 Å². The molecule has 1 fully saturated rings. The molecule has 0 radical (unpaired) electrons. The lowest BCUT2D eigenvalue weighted by Gasteiger charge is -2.16. The molecule has 0 aliphatic carbocycles. The lowest BCUT2D eigenvalue weighted by Crippen LogP contribution is -2.40. The molecule has 1 aromatic heterocycles. The Morgan fingerprint density at radius 3 is 2.95 bits per heavy atom. The zero-order chi connectivity index (χ0) is 15.4. The van der Waals surface area contributed by atoms with Gasteiger partial charge in [0.25, 0.3) is 0 Å². The SMILES string of the molecule is O=C(O)[C@@H]1OCC[C@@H]1NCc1cccc(-c2cccnc2)c1. The molecule has 1 aliphatic heterocycles. The van der Waals surface area contributed by atoms with Crippen LogP contribution in [0.4, 0.5) is 0 Å². The average molecular weight is 298 g/mol. The van der Waals surface area contributed by atoms with Crippen LogP contribution in [0.25, 0.3) is 11.1 Å². The Morgan fingerprint density at radius 2 is 2.18 bits per heavy atom. The van der Waals surface area contributed by atoms with Crippen molar-refractivity contribution in [3.8, 4) is 11.1 Å². The predicted octanol–water partition coefficient (Wildman–Crippen LogP) is 2.08. The van der Waals surface area contributed by atoms with Crippen LogP contribution < -0.4 is 5.32 Å². The second-order valence-corrected chi connectivity index (χ2v) is 5.35. The number of aliphatic carboxylic acids is 1. The first-order valence-electron chi connectivity index (χ1n) is 7.31. The molecule has 1 aliphatic rings. The highest BCUT2D eigenvalue weighted by Gasteiger charge is 2.33. The van der Waals surface area contributed by atoms with E-state index in [0.29, 0.717) is 13.2 Å². The minimum atomic E-state index is -0.904. The van der Waals surface area contributed by atoms with Crippen molar-refractivity contribution < 1.29 is 14.6 Å². The third kappa shape index (κ3) is 3.32. The number of benzene rings is 1. The molecule has 5 heteroatoms. The number of carboxylic acid groups (broad SMARTS) is 1. The Morgan fingerprint density at radius 1 is 1.32 bits per heavy atom. The van der Waals surface area contributed by atoms with Crippen LogP contribution in [0.15, 0.2) is 48.8 Å². The summed E-state index contributed by atoms with van der Waals surface area (Å²) in [6.45, 7) is 1.11. The first-order chi connectivity index (χ1) is 10.7. The van der Waals surface area contributed by atoms with Gasteiger partial charge in [0.15, 0.2) is 6.10 Å². The second-order valence-electron chi connectivity index (χ2n) is 5.35. The normalized spacial score (nSPS) is 20.9. The van der Waals surface area contributed by atoms with Crippen LogP contribution in [0.3, 0.4) is 0 Å². The number of hydrogen-bond acceptors (Lipinski definition) is 4. The average Bonchev–Trinajstić information content (AvgIpc) is 3.03. The summed E-state index contributed by atoms with van der Waals surface area (Å²) in [7, 11) is 0. The van der Waals surface area contributed by atoms with Crippen LogP contribution in [0.5, 0.6) is 0 Å². The van der Waals surface area contributed by atoms with Gasteiger partial charge in [-0.1, -0.05) is 24.3 Å². The highest BCUT2D eigenvalue weighted by atomic mass is 16.5. The molecule has 2 aromatic rings. The van der Waals surface area contributed by atoms with Gasteiger partial charge in [-0.25, -0.2) is 4.79 Å². The van der Waals surface area contributed by atoms with Crippen molar-refractivity contribution in [2.45, 2.75) is 25.1 Å². The van der Waals surface area contributed by atoms with Crippen LogP contribution in [0.1, 0.15) is 12.0 Å². The maximum absolute atomic E-state index is 11.1. The molecule has 0 bridgehead atoms. The molecule has 1 saturated heterocycles. The van der Waals surface area contributed by atoms with Crippen LogP contribution in [-0.4, -0.2) is 34.8 Å². The van der Waals surface area contributed by atoms with Crippen LogP contribution in [-0.2, 0) is 16.1 Å². The highest BCUT2D eigenvalue weighted by molar-refractivity contribution is 5.73. The van der Waals surface area contributed by atoms with Gasteiger partial charge in [0.05, 0.1) is 0 Å². The van der Waals surface area contributed by atoms with Gasteiger partial charge in [-0.15, -0.1) is 0 Å². The molecule has 0 spiro atoms. The first-order valence-corrected chi connectivity index (χ1v) is 7.31. The Labute approximate surface area is 129 Å². The van der Waals surface area contributed by atoms with Crippen molar-refractivity contribution >= 4 is 5.97 Å². The maximum Gasteiger partial charge on any atom is 0.334 e. The van der Waals surface area contributed by atoms with Gasteiger partial charge in [0.1, 0.15) is 0 Å². The minimum absolute atomic E-state index is 0.139. The van der Waals surface area contributed by atoms with E-state index in [2.05, 4.69) is 16.4 Å². The summed E-state index contributed by atoms with van der Waals surface area (Å²) in [6.07, 6.45) is 3.56. The molecule has 5 nitrogen and oxygen atoms in total. The number of nitrogens with zero attached hydrogens (tertiary/aromatic N) is 1. The van der Waals surface area contributed by atoms with E-state index in [4.69, 9.17) is 9.84 Å². The number of rotatable bonds is 5. The number of aromatic nitrogens is 1. The molecule has 2 atom stereocenters.